The molecular weight excluding hydrogens is 270 g/mol. The van der Waals surface area contributed by atoms with E-state index in [0.29, 0.717) is 12.6 Å². The van der Waals surface area contributed by atoms with E-state index < -0.39 is 0 Å². The number of pyridine rings is 1. The van der Waals surface area contributed by atoms with Crippen LogP contribution in [0.25, 0.3) is 0 Å². The Morgan fingerprint density at radius 3 is 3.19 bits per heavy atom. The molecule has 0 spiro atoms. The van der Waals surface area contributed by atoms with Crippen molar-refractivity contribution in [2.24, 2.45) is 5.73 Å². The molecule has 0 bridgehead atoms. The summed E-state index contributed by atoms with van der Waals surface area (Å²) in [6.07, 6.45) is 3.74. The highest BCUT2D eigenvalue weighted by Crippen LogP contribution is 2.28. The van der Waals surface area contributed by atoms with Gasteiger partial charge in [0.25, 0.3) is 0 Å². The zero-order chi connectivity index (χ0) is 11.5. The summed E-state index contributed by atoms with van der Waals surface area (Å²) in [5.74, 6) is 0. The fourth-order valence-electron chi connectivity index (χ4n) is 1.90. The second-order valence-electron chi connectivity index (χ2n) is 4.02. The summed E-state index contributed by atoms with van der Waals surface area (Å²) < 4.78 is 6.65. The highest BCUT2D eigenvalue weighted by molar-refractivity contribution is 9.10. The quantitative estimate of drug-likeness (QED) is 0.893. The maximum atomic E-state index is 5.65. The van der Waals surface area contributed by atoms with Crippen molar-refractivity contribution in [3.8, 4) is 0 Å². The largest absolute Gasteiger partial charge is 0.373 e. The van der Waals surface area contributed by atoms with Crippen molar-refractivity contribution in [3.05, 3.63) is 22.9 Å². The van der Waals surface area contributed by atoms with Crippen LogP contribution < -0.4 is 10.6 Å². The molecule has 16 heavy (non-hydrogen) atoms. The number of anilines is 1. The van der Waals surface area contributed by atoms with Crippen molar-refractivity contribution in [3.63, 3.8) is 0 Å². The third-order valence-corrected chi connectivity index (χ3v) is 3.44. The molecule has 2 heterocycles. The summed E-state index contributed by atoms with van der Waals surface area (Å²) in [5.41, 5.74) is 6.81. The first-order valence-electron chi connectivity index (χ1n) is 5.40. The molecule has 1 aliphatic heterocycles. The molecular formula is C11H16BrN3O. The van der Waals surface area contributed by atoms with E-state index in [9.17, 15) is 0 Å². The Labute approximate surface area is 104 Å². The van der Waals surface area contributed by atoms with E-state index in [4.69, 9.17) is 10.5 Å². The Morgan fingerprint density at radius 2 is 2.50 bits per heavy atom. The lowest BCUT2D eigenvalue weighted by molar-refractivity contribution is 0.0282. The number of nitrogens with zero attached hydrogens (tertiary/aromatic N) is 2. The zero-order valence-corrected chi connectivity index (χ0v) is 10.9. The minimum Gasteiger partial charge on any atom is -0.373 e. The Hall–Kier alpha value is -0.650. The Kier molecular flexibility index (Phi) is 3.78. The first kappa shape index (κ1) is 11.8. The molecule has 2 N–H and O–H groups in total. The minimum absolute atomic E-state index is 0.122. The molecule has 2 unspecified atom stereocenters. The van der Waals surface area contributed by atoms with Crippen molar-refractivity contribution >= 4 is 21.6 Å². The molecule has 2 atom stereocenters. The van der Waals surface area contributed by atoms with E-state index in [1.165, 1.54) is 0 Å². The Balaban J connectivity index is 2.21. The van der Waals surface area contributed by atoms with Crippen molar-refractivity contribution in [1.29, 1.82) is 0 Å². The number of morpholine rings is 1. The van der Waals surface area contributed by atoms with Gasteiger partial charge >= 0.3 is 0 Å². The Bertz CT molecular complexity index is 361. The van der Waals surface area contributed by atoms with Crippen LogP contribution in [0.15, 0.2) is 22.9 Å². The molecule has 0 aromatic carbocycles. The predicted molar refractivity (Wildman–Crippen MR) is 67.5 cm³/mol. The number of halogens is 1. The molecule has 4 nitrogen and oxygen atoms in total. The number of hydrogen-bond acceptors (Lipinski definition) is 4. The SMILES string of the molecule is CC1COC(CN)CN1c1ccncc1Br. The van der Waals surface area contributed by atoms with Crippen LogP contribution in [0.3, 0.4) is 0 Å². The molecule has 1 fully saturated rings. The second-order valence-corrected chi connectivity index (χ2v) is 4.87. The van der Waals surface area contributed by atoms with Crippen LogP contribution in [0.4, 0.5) is 5.69 Å². The first-order chi connectivity index (χ1) is 7.72. The molecule has 1 saturated heterocycles. The fourth-order valence-corrected chi connectivity index (χ4v) is 2.37. The number of nitrogens with two attached hydrogens (primary N) is 1. The molecule has 0 aliphatic carbocycles. The van der Waals surface area contributed by atoms with Crippen LogP contribution >= 0.6 is 15.9 Å². The molecule has 1 aromatic heterocycles. The Morgan fingerprint density at radius 1 is 1.69 bits per heavy atom. The van der Waals surface area contributed by atoms with Gasteiger partial charge in [-0.1, -0.05) is 0 Å². The van der Waals surface area contributed by atoms with Crippen molar-refractivity contribution < 1.29 is 4.74 Å². The van der Waals surface area contributed by atoms with Gasteiger partial charge in [-0.15, -0.1) is 0 Å². The van der Waals surface area contributed by atoms with Crippen LogP contribution in [-0.4, -0.2) is 36.8 Å². The van der Waals surface area contributed by atoms with Gasteiger partial charge in [-0.3, -0.25) is 4.98 Å². The van der Waals surface area contributed by atoms with E-state index in [0.717, 1.165) is 23.3 Å². The van der Waals surface area contributed by atoms with E-state index in [2.05, 4.69) is 32.7 Å². The van der Waals surface area contributed by atoms with Crippen LogP contribution in [0.5, 0.6) is 0 Å². The van der Waals surface area contributed by atoms with Gasteiger partial charge in [0.1, 0.15) is 0 Å². The number of hydrogen-bond donors (Lipinski definition) is 1. The maximum absolute atomic E-state index is 5.65. The molecule has 0 radical (unpaired) electrons. The smallest absolute Gasteiger partial charge is 0.0872 e. The minimum atomic E-state index is 0.122. The topological polar surface area (TPSA) is 51.4 Å². The van der Waals surface area contributed by atoms with Gasteiger partial charge in [0.15, 0.2) is 0 Å². The molecule has 0 saturated carbocycles. The number of ether oxygens (including phenoxy) is 1. The molecule has 1 aliphatic rings. The molecule has 5 heteroatoms. The molecule has 2 rings (SSSR count). The van der Waals surface area contributed by atoms with Crippen LogP contribution in [0, 0.1) is 0 Å². The standard InChI is InChI=1S/C11H16BrN3O/c1-8-7-16-9(4-13)6-15(8)11-2-3-14-5-10(11)12/h2-3,5,8-9H,4,6-7,13H2,1H3. The van der Waals surface area contributed by atoms with Gasteiger partial charge in [0, 0.05) is 31.5 Å². The highest BCUT2D eigenvalue weighted by Gasteiger charge is 2.26. The third-order valence-electron chi connectivity index (χ3n) is 2.83. The van der Waals surface area contributed by atoms with Gasteiger partial charge in [-0.25, -0.2) is 0 Å². The number of aromatic nitrogens is 1. The molecule has 0 amide bonds. The average molecular weight is 286 g/mol. The van der Waals surface area contributed by atoms with Crippen molar-refractivity contribution in [2.75, 3.05) is 24.6 Å². The predicted octanol–water partition coefficient (Wildman–Crippen LogP) is 1.40. The lowest BCUT2D eigenvalue weighted by Gasteiger charge is -2.39. The average Bonchev–Trinajstić information content (AvgIpc) is 2.31. The summed E-state index contributed by atoms with van der Waals surface area (Å²) in [6, 6.07) is 2.38. The van der Waals surface area contributed by atoms with E-state index in [1.54, 1.807) is 6.20 Å². The van der Waals surface area contributed by atoms with Crippen LogP contribution in [-0.2, 0) is 4.74 Å². The van der Waals surface area contributed by atoms with E-state index in [-0.39, 0.29) is 6.10 Å². The summed E-state index contributed by atoms with van der Waals surface area (Å²) in [5, 5.41) is 0. The lowest BCUT2D eigenvalue weighted by Crippen LogP contribution is -2.50. The first-order valence-corrected chi connectivity index (χ1v) is 6.19. The molecule has 88 valence electrons. The van der Waals surface area contributed by atoms with Gasteiger partial charge in [-0.2, -0.15) is 0 Å². The van der Waals surface area contributed by atoms with Crippen LogP contribution in [0.1, 0.15) is 6.92 Å². The molecule has 1 aromatic rings. The van der Waals surface area contributed by atoms with Crippen molar-refractivity contribution in [2.45, 2.75) is 19.1 Å². The summed E-state index contributed by atoms with van der Waals surface area (Å²) in [6.45, 7) is 4.27. The fraction of sp³-hybridized carbons (Fsp3) is 0.545. The van der Waals surface area contributed by atoms with Crippen LogP contribution in [0.2, 0.25) is 0 Å². The maximum Gasteiger partial charge on any atom is 0.0872 e. The van der Waals surface area contributed by atoms with Crippen molar-refractivity contribution in [1.82, 2.24) is 4.98 Å². The summed E-state index contributed by atoms with van der Waals surface area (Å²) in [7, 11) is 0. The summed E-state index contributed by atoms with van der Waals surface area (Å²) >= 11 is 3.52. The zero-order valence-electron chi connectivity index (χ0n) is 9.27. The third kappa shape index (κ3) is 2.36. The number of rotatable bonds is 2. The highest BCUT2D eigenvalue weighted by atomic mass is 79.9. The van der Waals surface area contributed by atoms with Gasteiger partial charge in [0.2, 0.25) is 0 Å². The van der Waals surface area contributed by atoms with E-state index >= 15 is 0 Å². The van der Waals surface area contributed by atoms with Gasteiger partial charge in [-0.05, 0) is 28.9 Å². The summed E-state index contributed by atoms with van der Waals surface area (Å²) in [4.78, 5) is 6.39. The van der Waals surface area contributed by atoms with Gasteiger partial charge < -0.3 is 15.4 Å². The normalized spacial score (nSPS) is 25.8. The van der Waals surface area contributed by atoms with E-state index in [1.807, 2.05) is 12.3 Å². The second kappa shape index (κ2) is 5.12. The van der Waals surface area contributed by atoms with Gasteiger partial charge in [0.05, 0.1) is 22.9 Å². The lowest BCUT2D eigenvalue weighted by atomic mass is 10.1. The monoisotopic (exact) mass is 285 g/mol.